The molecule has 3 amide bonds. The van der Waals surface area contributed by atoms with Gasteiger partial charge in [-0.05, 0) is 44.7 Å². The second-order valence-corrected chi connectivity index (χ2v) is 11.0. The van der Waals surface area contributed by atoms with Gasteiger partial charge < -0.3 is 18.9 Å². The topological polar surface area (TPSA) is 141 Å². The number of nitrogens with one attached hydrogen (secondary N) is 1. The molecule has 2 atom stereocenters. The van der Waals surface area contributed by atoms with Crippen molar-refractivity contribution in [3.05, 3.63) is 71.8 Å². The number of hydrazine groups is 1. The normalized spacial score (nSPS) is 16.4. The number of benzene rings is 2. The molecular weight excluding hydrogens is 558 g/mol. The first-order valence-electron chi connectivity index (χ1n) is 14.0. The Labute approximate surface area is 251 Å². The van der Waals surface area contributed by atoms with Crippen LogP contribution in [0, 0.1) is 5.92 Å². The first-order valence-corrected chi connectivity index (χ1v) is 14.0. The second kappa shape index (κ2) is 15.6. The van der Waals surface area contributed by atoms with Gasteiger partial charge in [-0.3, -0.25) is 19.3 Å². The minimum Gasteiger partial charge on any atom is -0.469 e. The SMILES string of the molecule is COC(=O)[C@@H]1CCCN(C(=O)OCc2ccccc2)C1C(=O)N(CCC(=O)OCc1ccccc1)NC(=O)OC(C)(C)C. The lowest BCUT2D eigenvalue weighted by atomic mass is 9.88. The van der Waals surface area contributed by atoms with Gasteiger partial charge in [0.1, 0.15) is 24.9 Å². The van der Waals surface area contributed by atoms with Gasteiger partial charge >= 0.3 is 24.1 Å². The summed E-state index contributed by atoms with van der Waals surface area (Å²) in [6.45, 7) is 4.74. The van der Waals surface area contributed by atoms with Crippen LogP contribution in [0.5, 0.6) is 0 Å². The van der Waals surface area contributed by atoms with Crippen LogP contribution < -0.4 is 5.43 Å². The van der Waals surface area contributed by atoms with E-state index in [1.54, 1.807) is 57.2 Å². The number of carbonyl (C=O) groups is 5. The predicted octanol–water partition coefficient (Wildman–Crippen LogP) is 3.98. The summed E-state index contributed by atoms with van der Waals surface area (Å²) < 4.78 is 21.1. The Morgan fingerprint density at radius 1 is 0.907 bits per heavy atom. The Kier molecular flexibility index (Phi) is 11.9. The standard InChI is InChI=1S/C31H39N3O9/c1-31(2,3)43-29(38)32-34(19-17-25(35)41-20-22-12-7-5-8-13-22)27(36)26-24(28(37)40-4)16-11-18-33(26)30(39)42-21-23-14-9-6-10-15-23/h5-10,12-15,24,26H,11,16-21H2,1-4H3,(H,32,38)/t24-,26?/m1/s1. The Morgan fingerprint density at radius 3 is 2.05 bits per heavy atom. The van der Waals surface area contributed by atoms with Crippen molar-refractivity contribution in [1.29, 1.82) is 0 Å². The van der Waals surface area contributed by atoms with E-state index >= 15 is 0 Å². The maximum absolute atomic E-state index is 14.1. The van der Waals surface area contributed by atoms with E-state index in [9.17, 15) is 24.0 Å². The van der Waals surface area contributed by atoms with Gasteiger partial charge in [-0.1, -0.05) is 60.7 Å². The van der Waals surface area contributed by atoms with Gasteiger partial charge in [-0.2, -0.15) is 0 Å². The molecule has 3 rings (SSSR count). The van der Waals surface area contributed by atoms with Crippen LogP contribution in [0.2, 0.25) is 0 Å². The zero-order valence-electron chi connectivity index (χ0n) is 24.9. The van der Waals surface area contributed by atoms with Crippen molar-refractivity contribution in [2.75, 3.05) is 20.2 Å². The van der Waals surface area contributed by atoms with Crippen molar-refractivity contribution < 1.29 is 42.9 Å². The quantitative estimate of drug-likeness (QED) is 0.258. The van der Waals surface area contributed by atoms with Gasteiger partial charge in [0.25, 0.3) is 5.91 Å². The molecule has 1 saturated heterocycles. The van der Waals surface area contributed by atoms with Gasteiger partial charge in [0, 0.05) is 6.54 Å². The number of rotatable bonds is 9. The summed E-state index contributed by atoms with van der Waals surface area (Å²) in [5.74, 6) is -3.17. The summed E-state index contributed by atoms with van der Waals surface area (Å²) in [4.78, 5) is 66.6. The summed E-state index contributed by atoms with van der Waals surface area (Å²) in [6.07, 6.45) is -1.39. The molecule has 2 aromatic rings. The molecule has 12 heteroatoms. The lowest BCUT2D eigenvalue weighted by Gasteiger charge is -2.40. The maximum atomic E-state index is 14.1. The summed E-state index contributed by atoms with van der Waals surface area (Å²) in [5, 5.41) is 0.876. The zero-order valence-corrected chi connectivity index (χ0v) is 24.9. The molecule has 0 spiro atoms. The van der Waals surface area contributed by atoms with E-state index in [0.29, 0.717) is 6.42 Å². The maximum Gasteiger partial charge on any atom is 0.426 e. The summed E-state index contributed by atoms with van der Waals surface area (Å²) in [6, 6.07) is 16.7. The molecule has 0 aromatic heterocycles. The number of amides is 3. The van der Waals surface area contributed by atoms with E-state index in [4.69, 9.17) is 18.9 Å². The minimum atomic E-state index is -1.38. The molecule has 1 N–H and O–H groups in total. The number of methoxy groups -OCH3 is 1. The van der Waals surface area contributed by atoms with Crippen molar-refractivity contribution in [1.82, 2.24) is 15.3 Å². The van der Waals surface area contributed by atoms with Crippen LogP contribution in [0.4, 0.5) is 9.59 Å². The molecule has 1 aliphatic heterocycles. The molecule has 1 aliphatic rings. The number of hydrogen-bond donors (Lipinski definition) is 1. The molecule has 0 radical (unpaired) electrons. The third kappa shape index (κ3) is 10.3. The Morgan fingerprint density at radius 2 is 1.49 bits per heavy atom. The highest BCUT2D eigenvalue weighted by atomic mass is 16.6. The average molecular weight is 598 g/mol. The number of likely N-dealkylation sites (tertiary alicyclic amines) is 1. The van der Waals surface area contributed by atoms with E-state index in [2.05, 4.69) is 5.43 Å². The Hall–Kier alpha value is -4.61. The molecule has 1 heterocycles. The molecule has 0 aliphatic carbocycles. The fraction of sp³-hybridized carbons (Fsp3) is 0.452. The highest BCUT2D eigenvalue weighted by Crippen LogP contribution is 2.27. The molecule has 0 bridgehead atoms. The number of carbonyl (C=O) groups excluding carboxylic acids is 5. The van der Waals surface area contributed by atoms with Gasteiger partial charge in [-0.15, -0.1) is 0 Å². The predicted molar refractivity (Wildman–Crippen MR) is 154 cm³/mol. The highest BCUT2D eigenvalue weighted by molar-refractivity contribution is 5.92. The molecule has 43 heavy (non-hydrogen) atoms. The van der Waals surface area contributed by atoms with Gasteiger partial charge in [-0.25, -0.2) is 20.0 Å². The van der Waals surface area contributed by atoms with E-state index < -0.39 is 47.6 Å². The van der Waals surface area contributed by atoms with Crippen LogP contribution in [-0.2, 0) is 46.5 Å². The second-order valence-electron chi connectivity index (χ2n) is 11.0. The van der Waals surface area contributed by atoms with Crippen molar-refractivity contribution >= 4 is 30.0 Å². The van der Waals surface area contributed by atoms with Gasteiger partial charge in [0.15, 0.2) is 0 Å². The van der Waals surface area contributed by atoms with Crippen molar-refractivity contribution in [2.24, 2.45) is 5.92 Å². The Balaban J connectivity index is 1.81. The summed E-state index contributed by atoms with van der Waals surface area (Å²) in [5.41, 5.74) is 3.01. The lowest BCUT2D eigenvalue weighted by Crippen LogP contribution is -2.62. The van der Waals surface area contributed by atoms with Crippen molar-refractivity contribution in [3.63, 3.8) is 0 Å². The average Bonchev–Trinajstić information content (AvgIpc) is 2.99. The van der Waals surface area contributed by atoms with E-state index in [1.165, 1.54) is 7.11 Å². The molecule has 2 aromatic carbocycles. The van der Waals surface area contributed by atoms with Gasteiger partial charge in [0.2, 0.25) is 0 Å². The minimum absolute atomic E-state index is 0.0290. The zero-order chi connectivity index (χ0) is 31.4. The van der Waals surface area contributed by atoms with Crippen LogP contribution in [0.3, 0.4) is 0 Å². The molecule has 12 nitrogen and oxygen atoms in total. The van der Waals surface area contributed by atoms with Crippen molar-refractivity contribution in [3.8, 4) is 0 Å². The van der Waals surface area contributed by atoms with E-state index in [0.717, 1.165) is 21.0 Å². The Bertz CT molecular complexity index is 1250. The molecule has 1 unspecified atom stereocenters. The van der Waals surface area contributed by atoms with Crippen LogP contribution in [0.15, 0.2) is 60.7 Å². The van der Waals surface area contributed by atoms with Crippen molar-refractivity contribution in [2.45, 2.75) is 64.9 Å². The lowest BCUT2D eigenvalue weighted by molar-refractivity contribution is -0.158. The van der Waals surface area contributed by atoms with Crippen LogP contribution in [-0.4, -0.2) is 71.8 Å². The first-order chi connectivity index (χ1) is 20.5. The third-order valence-electron chi connectivity index (χ3n) is 6.50. The van der Waals surface area contributed by atoms with E-state index in [-0.39, 0.29) is 39.1 Å². The molecule has 0 saturated carbocycles. The largest absolute Gasteiger partial charge is 0.469 e. The summed E-state index contributed by atoms with van der Waals surface area (Å²) in [7, 11) is 1.19. The molecule has 1 fully saturated rings. The molecular formula is C31H39N3O9. The smallest absolute Gasteiger partial charge is 0.426 e. The van der Waals surface area contributed by atoms with Crippen LogP contribution in [0.25, 0.3) is 0 Å². The summed E-state index contributed by atoms with van der Waals surface area (Å²) >= 11 is 0. The first kappa shape index (κ1) is 32.9. The number of piperidine rings is 1. The highest BCUT2D eigenvalue weighted by Gasteiger charge is 2.46. The molecule has 232 valence electrons. The van der Waals surface area contributed by atoms with E-state index in [1.807, 2.05) is 24.3 Å². The number of esters is 2. The number of nitrogens with zero attached hydrogens (tertiary/aromatic N) is 2. The van der Waals surface area contributed by atoms with Crippen LogP contribution >= 0.6 is 0 Å². The van der Waals surface area contributed by atoms with Gasteiger partial charge in [0.05, 0.1) is 26.0 Å². The number of hydrogen-bond acceptors (Lipinski definition) is 9. The fourth-order valence-corrected chi connectivity index (χ4v) is 4.51. The van der Waals surface area contributed by atoms with Crippen LogP contribution in [0.1, 0.15) is 51.2 Å². The fourth-order valence-electron chi connectivity index (χ4n) is 4.51. The monoisotopic (exact) mass is 597 g/mol. The number of ether oxygens (including phenoxy) is 4. The third-order valence-corrected chi connectivity index (χ3v) is 6.50.